The Bertz CT molecular complexity index is 525. The minimum Gasteiger partial charge on any atom is -0.369 e. The molecule has 0 unspecified atom stereocenters. The van der Waals surface area contributed by atoms with E-state index < -0.39 is 7.75 Å². The third-order valence-corrected chi connectivity index (χ3v) is 4.66. The van der Waals surface area contributed by atoms with Gasteiger partial charge in [-0.1, -0.05) is 11.6 Å². The van der Waals surface area contributed by atoms with Gasteiger partial charge in [-0.15, -0.1) is 0 Å². The average molecular weight is 339 g/mol. The van der Waals surface area contributed by atoms with E-state index in [4.69, 9.17) is 17.3 Å². The first-order valence-electron chi connectivity index (χ1n) is 5.59. The Labute approximate surface area is 126 Å². The Balaban J connectivity index is 2.50. The van der Waals surface area contributed by atoms with E-state index in [1.165, 1.54) is 18.8 Å². The summed E-state index contributed by atoms with van der Waals surface area (Å²) in [6, 6.07) is 3.48. The minimum absolute atomic E-state index is 0.0859. The van der Waals surface area contributed by atoms with Gasteiger partial charge in [-0.3, -0.25) is 9.98 Å². The summed E-state index contributed by atoms with van der Waals surface area (Å²) in [6.07, 6.45) is 1.64. The lowest BCUT2D eigenvalue weighted by atomic mass is 10.4. The highest BCUT2D eigenvalue weighted by molar-refractivity contribution is 7.98. The zero-order valence-electron chi connectivity index (χ0n) is 10.8. The number of rotatable bonds is 6. The fraction of sp³-hybridized carbons (Fsp3) is 0.400. The van der Waals surface area contributed by atoms with Crippen molar-refractivity contribution in [1.82, 2.24) is 9.65 Å². The normalized spacial score (nSPS) is 12.5. The molecule has 1 heterocycles. The predicted octanol–water partition coefficient (Wildman–Crippen LogP) is 1.31. The van der Waals surface area contributed by atoms with E-state index in [1.807, 2.05) is 0 Å². The SMILES string of the molecule is CN=C(N)N(CCSCc1ncccc1Cl)P(=O)(O)O. The maximum Gasteiger partial charge on any atom is 0.432 e. The first-order chi connectivity index (χ1) is 9.36. The van der Waals surface area contributed by atoms with Gasteiger partial charge in [0.15, 0.2) is 5.96 Å². The molecule has 0 fully saturated rings. The van der Waals surface area contributed by atoms with Crippen molar-refractivity contribution in [1.29, 1.82) is 0 Å². The summed E-state index contributed by atoms with van der Waals surface area (Å²) >= 11 is 7.41. The van der Waals surface area contributed by atoms with E-state index in [2.05, 4.69) is 9.98 Å². The predicted molar refractivity (Wildman–Crippen MR) is 81.7 cm³/mol. The van der Waals surface area contributed by atoms with Crippen LogP contribution >= 0.6 is 31.1 Å². The molecule has 4 N–H and O–H groups in total. The van der Waals surface area contributed by atoms with Crippen LogP contribution in [0, 0.1) is 0 Å². The van der Waals surface area contributed by atoms with E-state index in [-0.39, 0.29) is 12.5 Å². The van der Waals surface area contributed by atoms with Crippen LogP contribution in [-0.2, 0) is 10.3 Å². The number of aromatic nitrogens is 1. The van der Waals surface area contributed by atoms with E-state index in [1.54, 1.807) is 18.3 Å². The lowest BCUT2D eigenvalue weighted by molar-refractivity contribution is 0.319. The summed E-state index contributed by atoms with van der Waals surface area (Å²) < 4.78 is 12.0. The summed E-state index contributed by atoms with van der Waals surface area (Å²) in [6.45, 7) is 0.0859. The molecule has 0 saturated carbocycles. The number of aliphatic imine (C=N–C) groups is 1. The summed E-state index contributed by atoms with van der Waals surface area (Å²) in [5, 5.41) is 0.571. The van der Waals surface area contributed by atoms with Crippen LogP contribution < -0.4 is 5.73 Å². The van der Waals surface area contributed by atoms with Crippen molar-refractivity contribution in [2.75, 3.05) is 19.3 Å². The number of hydrogen-bond donors (Lipinski definition) is 3. The van der Waals surface area contributed by atoms with Gasteiger partial charge in [0, 0.05) is 31.3 Å². The molecular weight excluding hydrogens is 323 g/mol. The highest BCUT2D eigenvalue weighted by atomic mass is 35.5. The Hall–Kier alpha value is -0.790. The van der Waals surface area contributed by atoms with Crippen LogP contribution in [0.5, 0.6) is 0 Å². The molecule has 1 aromatic rings. The van der Waals surface area contributed by atoms with Gasteiger partial charge in [0.05, 0.1) is 10.7 Å². The number of nitrogens with zero attached hydrogens (tertiary/aromatic N) is 3. The molecule has 0 spiro atoms. The first-order valence-corrected chi connectivity index (χ1v) is 8.69. The Morgan fingerprint density at radius 1 is 1.65 bits per heavy atom. The third kappa shape index (κ3) is 5.30. The maximum atomic E-state index is 11.3. The van der Waals surface area contributed by atoms with Crippen molar-refractivity contribution in [3.63, 3.8) is 0 Å². The van der Waals surface area contributed by atoms with Crippen LogP contribution in [0.4, 0.5) is 0 Å². The monoisotopic (exact) mass is 338 g/mol. The van der Waals surface area contributed by atoms with E-state index in [0.717, 1.165) is 10.4 Å². The van der Waals surface area contributed by atoms with Gasteiger partial charge in [-0.25, -0.2) is 9.24 Å². The minimum atomic E-state index is -4.45. The van der Waals surface area contributed by atoms with Gasteiger partial charge in [0.1, 0.15) is 0 Å². The second kappa shape index (κ2) is 7.85. The van der Waals surface area contributed by atoms with Crippen molar-refractivity contribution in [3.8, 4) is 0 Å². The van der Waals surface area contributed by atoms with Crippen LogP contribution in [0.1, 0.15) is 5.69 Å². The molecule has 0 radical (unpaired) electrons. The topological polar surface area (TPSA) is 112 Å². The van der Waals surface area contributed by atoms with E-state index in [9.17, 15) is 14.4 Å². The molecule has 10 heteroatoms. The molecule has 0 bridgehead atoms. The molecule has 1 aromatic heterocycles. The second-order valence-electron chi connectivity index (χ2n) is 3.70. The zero-order valence-corrected chi connectivity index (χ0v) is 13.3. The van der Waals surface area contributed by atoms with E-state index >= 15 is 0 Å². The van der Waals surface area contributed by atoms with Crippen LogP contribution in [0.3, 0.4) is 0 Å². The van der Waals surface area contributed by atoms with Crippen LogP contribution in [0.25, 0.3) is 0 Å². The summed E-state index contributed by atoms with van der Waals surface area (Å²) in [7, 11) is -3.07. The molecule has 1 rings (SSSR count). The largest absolute Gasteiger partial charge is 0.432 e. The molecule has 0 saturated heterocycles. The van der Waals surface area contributed by atoms with Gasteiger partial charge >= 0.3 is 7.75 Å². The van der Waals surface area contributed by atoms with Gasteiger partial charge < -0.3 is 15.5 Å². The molecule has 0 atom stereocenters. The summed E-state index contributed by atoms with van der Waals surface area (Å²) in [5.74, 6) is 0.821. The first kappa shape index (κ1) is 17.3. The molecule has 7 nitrogen and oxygen atoms in total. The molecule has 0 aromatic carbocycles. The van der Waals surface area contributed by atoms with Crippen LogP contribution in [0.2, 0.25) is 5.02 Å². The van der Waals surface area contributed by atoms with Crippen LogP contribution in [0.15, 0.2) is 23.3 Å². The van der Waals surface area contributed by atoms with Gasteiger partial charge in [-0.2, -0.15) is 11.8 Å². The van der Waals surface area contributed by atoms with Crippen molar-refractivity contribution in [3.05, 3.63) is 29.0 Å². The van der Waals surface area contributed by atoms with E-state index in [0.29, 0.717) is 16.5 Å². The quantitative estimate of drug-likeness (QED) is 0.310. The van der Waals surface area contributed by atoms with Crippen molar-refractivity contribution < 1.29 is 14.4 Å². The van der Waals surface area contributed by atoms with Gasteiger partial charge in [-0.05, 0) is 12.1 Å². The second-order valence-corrected chi connectivity index (χ2v) is 6.72. The Morgan fingerprint density at radius 2 is 2.35 bits per heavy atom. The van der Waals surface area contributed by atoms with Gasteiger partial charge in [0.25, 0.3) is 0 Å². The fourth-order valence-electron chi connectivity index (χ4n) is 1.34. The highest BCUT2D eigenvalue weighted by Crippen LogP contribution is 2.39. The summed E-state index contributed by atoms with van der Waals surface area (Å²) in [5.41, 5.74) is 6.20. The molecule has 20 heavy (non-hydrogen) atoms. The van der Waals surface area contributed by atoms with Crippen molar-refractivity contribution in [2.24, 2.45) is 10.7 Å². The van der Waals surface area contributed by atoms with Crippen molar-refractivity contribution >= 4 is 37.1 Å². The smallest absolute Gasteiger partial charge is 0.369 e. The fourth-order valence-corrected chi connectivity index (χ4v) is 3.34. The molecular formula is C10H16ClN4O3PS. The van der Waals surface area contributed by atoms with Crippen LogP contribution in [-0.4, -0.2) is 44.7 Å². The van der Waals surface area contributed by atoms with Crippen molar-refractivity contribution in [2.45, 2.75) is 5.75 Å². The average Bonchev–Trinajstić information content (AvgIpc) is 2.38. The molecule has 0 aliphatic rings. The highest BCUT2D eigenvalue weighted by Gasteiger charge is 2.26. The standard InChI is InChI=1S/C10H16ClN4O3PS/c1-13-10(12)15(19(16,17)18)5-6-20-7-9-8(11)3-2-4-14-9/h2-4H,5-7H2,1H3,(H2,12,13)(H2,16,17,18). The molecule has 112 valence electrons. The zero-order chi connectivity index (χ0) is 15.2. The summed E-state index contributed by atoms with van der Waals surface area (Å²) in [4.78, 5) is 26.1. The Kier molecular flexibility index (Phi) is 6.78. The number of guanidine groups is 1. The lowest BCUT2D eigenvalue weighted by Crippen LogP contribution is -2.36. The number of pyridine rings is 1. The lowest BCUT2D eigenvalue weighted by Gasteiger charge is -2.23. The molecule has 0 aliphatic heterocycles. The molecule has 0 amide bonds. The number of halogens is 1. The number of nitrogens with two attached hydrogens (primary N) is 1. The third-order valence-electron chi connectivity index (χ3n) is 2.33. The maximum absolute atomic E-state index is 11.3. The van der Waals surface area contributed by atoms with Gasteiger partial charge in [0.2, 0.25) is 0 Å². The Morgan fingerprint density at radius 3 is 2.90 bits per heavy atom. The molecule has 0 aliphatic carbocycles. The number of thioether (sulfide) groups is 1. The number of hydrogen-bond acceptors (Lipinski definition) is 4.